The zero-order valence-electron chi connectivity index (χ0n) is 17.4. The van der Waals surface area contributed by atoms with Crippen molar-refractivity contribution in [3.05, 3.63) is 59.2 Å². The molecule has 1 aliphatic heterocycles. The molecule has 0 bridgehead atoms. The van der Waals surface area contributed by atoms with Gasteiger partial charge in [-0.05, 0) is 44.7 Å². The van der Waals surface area contributed by atoms with Crippen molar-refractivity contribution in [2.75, 3.05) is 19.6 Å². The smallest absolute Gasteiger partial charge is 0.224 e. The Balaban J connectivity index is 1.43. The summed E-state index contributed by atoms with van der Waals surface area (Å²) in [6.07, 6.45) is 3.54. The molecule has 1 aromatic carbocycles. The van der Waals surface area contributed by atoms with E-state index in [0.717, 1.165) is 30.1 Å². The quantitative estimate of drug-likeness (QED) is 0.747. The molecule has 1 aliphatic rings. The Morgan fingerprint density at radius 2 is 1.86 bits per heavy atom. The van der Waals surface area contributed by atoms with E-state index in [1.807, 2.05) is 43.0 Å². The normalized spacial score (nSPS) is 16.7. The molecule has 2 heterocycles. The van der Waals surface area contributed by atoms with Crippen molar-refractivity contribution in [2.45, 2.75) is 46.0 Å². The molecule has 0 radical (unpaired) electrons. The summed E-state index contributed by atoms with van der Waals surface area (Å²) >= 11 is 0. The number of nitrogens with zero attached hydrogens (tertiary/aromatic N) is 3. The van der Waals surface area contributed by atoms with E-state index < -0.39 is 0 Å². The minimum absolute atomic E-state index is 0.0231. The van der Waals surface area contributed by atoms with Crippen molar-refractivity contribution in [3.8, 4) is 0 Å². The van der Waals surface area contributed by atoms with Gasteiger partial charge in [-0.15, -0.1) is 0 Å². The molecule has 1 saturated heterocycles. The van der Waals surface area contributed by atoms with Crippen LogP contribution in [0, 0.1) is 19.8 Å². The van der Waals surface area contributed by atoms with Crippen molar-refractivity contribution < 1.29 is 9.59 Å². The zero-order chi connectivity index (χ0) is 20.6. The maximum absolute atomic E-state index is 12.6. The lowest BCUT2D eigenvalue weighted by Gasteiger charge is -2.32. The van der Waals surface area contributed by atoms with Gasteiger partial charge in [0.25, 0.3) is 0 Å². The zero-order valence-corrected chi connectivity index (χ0v) is 17.4. The third-order valence-corrected chi connectivity index (χ3v) is 5.28. The van der Waals surface area contributed by atoms with Crippen LogP contribution in [0.5, 0.6) is 0 Å². The first-order valence-electron chi connectivity index (χ1n) is 10.4. The fourth-order valence-electron chi connectivity index (χ4n) is 3.82. The Morgan fingerprint density at radius 1 is 1.14 bits per heavy atom. The van der Waals surface area contributed by atoms with E-state index in [1.165, 1.54) is 5.56 Å². The summed E-state index contributed by atoms with van der Waals surface area (Å²) in [5.41, 5.74) is 3.16. The predicted molar refractivity (Wildman–Crippen MR) is 112 cm³/mol. The Labute approximate surface area is 172 Å². The largest absolute Gasteiger partial charge is 0.355 e. The van der Waals surface area contributed by atoms with Crippen LogP contribution in [0.1, 0.15) is 42.0 Å². The summed E-state index contributed by atoms with van der Waals surface area (Å²) in [4.78, 5) is 35.5. The summed E-state index contributed by atoms with van der Waals surface area (Å²) in [7, 11) is 0. The fraction of sp³-hybridized carbons (Fsp3) is 0.478. The van der Waals surface area contributed by atoms with Crippen LogP contribution >= 0.6 is 0 Å². The maximum atomic E-state index is 12.6. The molecule has 1 N–H and O–H groups in total. The highest BCUT2D eigenvalue weighted by Gasteiger charge is 2.29. The predicted octanol–water partition coefficient (Wildman–Crippen LogP) is 2.62. The van der Waals surface area contributed by atoms with E-state index >= 15 is 0 Å². The van der Waals surface area contributed by atoms with Crippen LogP contribution in [0.2, 0.25) is 0 Å². The average molecular weight is 395 g/mol. The molecule has 0 saturated carbocycles. The van der Waals surface area contributed by atoms with E-state index in [9.17, 15) is 9.59 Å². The number of carbonyl (C=O) groups is 2. The average Bonchev–Trinajstić information content (AvgIpc) is 2.69. The maximum Gasteiger partial charge on any atom is 0.224 e. The van der Waals surface area contributed by atoms with Gasteiger partial charge in [0.2, 0.25) is 11.8 Å². The van der Waals surface area contributed by atoms with Crippen LogP contribution in [-0.2, 0) is 22.4 Å². The summed E-state index contributed by atoms with van der Waals surface area (Å²) in [6.45, 7) is 5.62. The minimum Gasteiger partial charge on any atom is -0.355 e. The summed E-state index contributed by atoms with van der Waals surface area (Å²) in [6, 6.07) is 12.2. The summed E-state index contributed by atoms with van der Waals surface area (Å²) in [5, 5.41) is 3.00. The number of benzene rings is 1. The molecule has 1 atom stereocenters. The second kappa shape index (κ2) is 10.1. The third-order valence-electron chi connectivity index (χ3n) is 5.28. The molecule has 154 valence electrons. The van der Waals surface area contributed by atoms with Crippen LogP contribution in [0.15, 0.2) is 36.4 Å². The van der Waals surface area contributed by atoms with E-state index in [2.05, 4.69) is 27.4 Å². The molecular weight excluding hydrogens is 364 g/mol. The van der Waals surface area contributed by atoms with Gasteiger partial charge < -0.3 is 10.2 Å². The number of aryl methyl sites for hydroxylation is 3. The molecule has 6 heteroatoms. The molecule has 0 spiro atoms. The number of piperidine rings is 1. The molecule has 3 rings (SSSR count). The topological polar surface area (TPSA) is 75.2 Å². The first-order valence-corrected chi connectivity index (χ1v) is 10.4. The van der Waals surface area contributed by atoms with Crippen molar-refractivity contribution in [1.82, 2.24) is 20.2 Å². The molecule has 2 aromatic rings. The number of nitrogens with one attached hydrogen (secondary N) is 1. The second-order valence-corrected chi connectivity index (χ2v) is 7.77. The van der Waals surface area contributed by atoms with Crippen LogP contribution in [0.4, 0.5) is 0 Å². The Hall–Kier alpha value is -2.76. The number of amides is 2. The molecule has 1 aromatic heterocycles. The highest BCUT2D eigenvalue weighted by molar-refractivity contribution is 5.83. The van der Waals surface area contributed by atoms with Crippen molar-refractivity contribution in [1.29, 1.82) is 0 Å². The van der Waals surface area contributed by atoms with Crippen LogP contribution < -0.4 is 5.32 Å². The molecular formula is C23H30N4O2. The van der Waals surface area contributed by atoms with Crippen molar-refractivity contribution in [3.63, 3.8) is 0 Å². The van der Waals surface area contributed by atoms with Crippen LogP contribution in [0.3, 0.4) is 0 Å². The Morgan fingerprint density at radius 3 is 2.59 bits per heavy atom. The molecule has 2 amide bonds. The molecule has 29 heavy (non-hydrogen) atoms. The lowest BCUT2D eigenvalue weighted by Crippen LogP contribution is -2.46. The van der Waals surface area contributed by atoms with Crippen LogP contribution in [0.25, 0.3) is 0 Å². The van der Waals surface area contributed by atoms with Gasteiger partial charge in [-0.1, -0.05) is 30.3 Å². The van der Waals surface area contributed by atoms with Gasteiger partial charge >= 0.3 is 0 Å². The summed E-state index contributed by atoms with van der Waals surface area (Å²) in [5.74, 6) is 0.800. The van der Waals surface area contributed by atoms with Gasteiger partial charge in [-0.3, -0.25) is 9.59 Å². The van der Waals surface area contributed by atoms with Gasteiger partial charge in [0.1, 0.15) is 5.82 Å². The molecule has 1 fully saturated rings. The Kier molecular flexibility index (Phi) is 7.33. The SMILES string of the molecule is Cc1cc(C)nc(CCNC(=O)[C@@H]2CCC(=O)N(CCCc3ccccc3)C2)n1. The molecule has 6 nitrogen and oxygen atoms in total. The second-order valence-electron chi connectivity index (χ2n) is 7.77. The number of hydrogen-bond acceptors (Lipinski definition) is 4. The minimum atomic E-state index is -0.135. The van der Waals surface area contributed by atoms with Crippen LogP contribution in [-0.4, -0.2) is 46.3 Å². The molecule has 0 unspecified atom stereocenters. The first-order chi connectivity index (χ1) is 14.0. The van der Waals surface area contributed by atoms with E-state index in [-0.39, 0.29) is 17.7 Å². The lowest BCUT2D eigenvalue weighted by molar-refractivity contribution is -0.138. The lowest BCUT2D eigenvalue weighted by atomic mass is 9.96. The highest BCUT2D eigenvalue weighted by Crippen LogP contribution is 2.18. The van der Waals surface area contributed by atoms with Gasteiger partial charge in [0.05, 0.1) is 5.92 Å². The van der Waals surface area contributed by atoms with Gasteiger partial charge in [-0.2, -0.15) is 0 Å². The van der Waals surface area contributed by atoms with Crippen molar-refractivity contribution >= 4 is 11.8 Å². The van der Waals surface area contributed by atoms with Gasteiger partial charge in [0.15, 0.2) is 0 Å². The highest BCUT2D eigenvalue weighted by atomic mass is 16.2. The number of carbonyl (C=O) groups excluding carboxylic acids is 2. The fourth-order valence-corrected chi connectivity index (χ4v) is 3.82. The van der Waals surface area contributed by atoms with E-state index in [0.29, 0.717) is 38.9 Å². The van der Waals surface area contributed by atoms with Gasteiger partial charge in [-0.25, -0.2) is 9.97 Å². The monoisotopic (exact) mass is 394 g/mol. The Bertz CT molecular complexity index is 818. The third kappa shape index (κ3) is 6.38. The summed E-state index contributed by atoms with van der Waals surface area (Å²) < 4.78 is 0. The number of aromatic nitrogens is 2. The van der Waals surface area contributed by atoms with Gasteiger partial charge in [0, 0.05) is 43.9 Å². The number of likely N-dealkylation sites (tertiary alicyclic amines) is 1. The standard InChI is InChI=1S/C23H30N4O2/c1-17-15-18(2)26-21(25-17)12-13-24-23(29)20-10-11-22(28)27(16-20)14-6-9-19-7-4-3-5-8-19/h3-5,7-8,15,20H,6,9-14,16H2,1-2H3,(H,24,29)/t20-/m1/s1. The number of rotatable bonds is 8. The number of hydrogen-bond donors (Lipinski definition) is 1. The first kappa shape index (κ1) is 21.0. The van der Waals surface area contributed by atoms with E-state index in [1.54, 1.807) is 0 Å². The van der Waals surface area contributed by atoms with E-state index in [4.69, 9.17) is 0 Å². The molecule has 0 aliphatic carbocycles. The van der Waals surface area contributed by atoms with Crippen molar-refractivity contribution in [2.24, 2.45) is 5.92 Å².